The van der Waals surface area contributed by atoms with Gasteiger partial charge >= 0.3 is 0 Å². The van der Waals surface area contributed by atoms with Gasteiger partial charge in [0.1, 0.15) is 0 Å². The Morgan fingerprint density at radius 3 is 0.951 bits per heavy atom. The van der Waals surface area contributed by atoms with Crippen molar-refractivity contribution in [3.63, 3.8) is 0 Å². The molecule has 0 radical (unpaired) electrons. The predicted octanol–water partition coefficient (Wildman–Crippen LogP) is 11.5. The molecular weight excluding hydrogens is 492 g/mol. The highest BCUT2D eigenvalue weighted by Crippen LogP contribution is 2.35. The molecule has 0 atom stereocenters. The van der Waals surface area contributed by atoms with Gasteiger partial charge in [-0.1, -0.05) is 42.5 Å². The van der Waals surface area contributed by atoms with Gasteiger partial charge < -0.3 is 0 Å². The summed E-state index contributed by atoms with van der Waals surface area (Å²) in [6, 6.07) is 46.4. The molecule has 0 saturated heterocycles. The quantitative estimate of drug-likeness (QED) is 0.176. The van der Waals surface area contributed by atoms with Crippen molar-refractivity contribution in [3.05, 3.63) is 139 Å². The van der Waals surface area contributed by atoms with E-state index in [4.69, 9.17) is 0 Å². The maximum absolute atomic E-state index is 2.37. The van der Waals surface area contributed by atoms with Crippen LogP contribution in [0, 0.1) is 0 Å². The van der Waals surface area contributed by atoms with Crippen LogP contribution in [0.5, 0.6) is 0 Å². The zero-order valence-electron chi connectivity index (χ0n) is 22.4. The molecule has 0 bridgehead atoms. The van der Waals surface area contributed by atoms with E-state index < -0.39 is 0 Å². The summed E-state index contributed by atoms with van der Waals surface area (Å²) in [4.78, 5) is 0. The van der Waals surface area contributed by atoms with Crippen LogP contribution < -0.4 is 0 Å². The van der Waals surface area contributed by atoms with Crippen LogP contribution in [0.4, 0.5) is 0 Å². The minimum atomic E-state index is 1.05. The Bertz CT molecular complexity index is 2650. The molecule has 0 heteroatoms. The van der Waals surface area contributed by atoms with Gasteiger partial charge in [-0.05, 0) is 195 Å². The molecule has 0 spiro atoms. The van der Waals surface area contributed by atoms with Crippen molar-refractivity contribution in [2.24, 2.45) is 0 Å². The van der Waals surface area contributed by atoms with Gasteiger partial charge in [0.05, 0.1) is 0 Å². The summed E-state index contributed by atoms with van der Waals surface area (Å²) in [5.41, 5.74) is 2.80. The van der Waals surface area contributed by atoms with E-state index in [-0.39, 0.29) is 0 Å². The normalized spacial score (nSPS) is 13.2. The lowest BCUT2D eigenvalue weighted by Crippen LogP contribution is -1.85. The van der Waals surface area contributed by atoms with E-state index in [0.29, 0.717) is 0 Å². The Hall–Kier alpha value is -5.20. The highest BCUT2D eigenvalue weighted by Gasteiger charge is 2.10. The summed E-state index contributed by atoms with van der Waals surface area (Å²) in [5, 5.41) is 20.8. The van der Waals surface area contributed by atoms with Gasteiger partial charge in [-0.3, -0.25) is 0 Å². The molecule has 0 amide bonds. The van der Waals surface area contributed by atoms with Gasteiger partial charge in [0, 0.05) is 0 Å². The van der Waals surface area contributed by atoms with E-state index in [1.165, 1.54) is 97.3 Å². The lowest BCUT2D eigenvalue weighted by atomic mass is 9.94. The molecule has 1 aliphatic carbocycles. The monoisotopic (exact) mass is 516 g/mol. The van der Waals surface area contributed by atoms with Crippen LogP contribution in [0.25, 0.3) is 92.3 Å². The zero-order valence-corrected chi connectivity index (χ0v) is 22.4. The van der Waals surface area contributed by atoms with Crippen molar-refractivity contribution in [3.8, 4) is 0 Å². The van der Waals surface area contributed by atoms with Crippen molar-refractivity contribution < 1.29 is 0 Å². The second kappa shape index (κ2) is 7.71. The lowest BCUT2D eigenvalue weighted by molar-refractivity contribution is 1.32. The van der Waals surface area contributed by atoms with Gasteiger partial charge in [0.25, 0.3) is 0 Å². The molecule has 0 N–H and O–H groups in total. The Morgan fingerprint density at radius 1 is 0.293 bits per heavy atom. The van der Waals surface area contributed by atoms with Crippen molar-refractivity contribution >= 4 is 92.3 Å². The van der Waals surface area contributed by atoms with Crippen LogP contribution in [0.1, 0.15) is 11.1 Å². The average molecular weight is 517 g/mol. The molecule has 0 nitrogen and oxygen atoms in total. The van der Waals surface area contributed by atoms with Crippen molar-refractivity contribution in [1.29, 1.82) is 0 Å². The number of hydrogen-bond acceptors (Lipinski definition) is 0. The predicted molar refractivity (Wildman–Crippen MR) is 179 cm³/mol. The van der Waals surface area contributed by atoms with E-state index in [1.807, 2.05) is 0 Å². The van der Waals surface area contributed by atoms with Gasteiger partial charge in [-0.2, -0.15) is 0 Å². The summed E-state index contributed by atoms with van der Waals surface area (Å²) in [7, 11) is 0. The summed E-state index contributed by atoms with van der Waals surface area (Å²) < 4.78 is 0. The van der Waals surface area contributed by atoms with E-state index in [9.17, 15) is 0 Å². The van der Waals surface area contributed by atoms with Crippen LogP contribution in [0.3, 0.4) is 0 Å². The molecule has 9 aromatic carbocycles. The third-order valence-corrected chi connectivity index (χ3v) is 9.33. The fourth-order valence-electron chi connectivity index (χ4n) is 7.21. The van der Waals surface area contributed by atoms with Gasteiger partial charge in [0.15, 0.2) is 0 Å². The molecule has 0 saturated carbocycles. The number of fused-ring (bicyclic) bond motifs is 9. The summed E-state index contributed by atoms with van der Waals surface area (Å²) in [6.45, 7) is 0. The van der Waals surface area contributed by atoms with Crippen LogP contribution >= 0.6 is 0 Å². The molecule has 188 valence electrons. The van der Waals surface area contributed by atoms with Crippen LogP contribution in [-0.2, 0) is 6.42 Å². The summed E-state index contributed by atoms with van der Waals surface area (Å²) in [5.74, 6) is 0. The van der Waals surface area contributed by atoms with Crippen molar-refractivity contribution in [1.82, 2.24) is 0 Å². The Labute approximate surface area is 236 Å². The molecule has 0 fully saturated rings. The molecule has 0 aliphatic heterocycles. The Morgan fingerprint density at radius 2 is 0.585 bits per heavy atom. The smallest absolute Gasteiger partial charge is 0.00880 e. The minimum absolute atomic E-state index is 1.05. The largest absolute Gasteiger partial charge is 0.0795 e. The maximum Gasteiger partial charge on any atom is -0.00880 e. The highest BCUT2D eigenvalue weighted by molar-refractivity contribution is 6.13. The average Bonchev–Trinajstić information content (AvgIpc) is 3.44. The zero-order chi connectivity index (χ0) is 26.7. The first-order chi connectivity index (χ1) is 20.2. The van der Waals surface area contributed by atoms with Gasteiger partial charge in [-0.25, -0.2) is 0 Å². The molecule has 0 unspecified atom stereocenters. The fourth-order valence-corrected chi connectivity index (χ4v) is 7.21. The van der Waals surface area contributed by atoms with Crippen molar-refractivity contribution in [2.75, 3.05) is 0 Å². The number of allylic oxidation sites excluding steroid dienone is 1. The van der Waals surface area contributed by atoms with Crippen LogP contribution in [0.15, 0.2) is 127 Å². The molecule has 41 heavy (non-hydrogen) atoms. The van der Waals surface area contributed by atoms with E-state index in [2.05, 4.69) is 133 Å². The number of benzene rings is 9. The van der Waals surface area contributed by atoms with E-state index in [0.717, 1.165) is 6.42 Å². The van der Waals surface area contributed by atoms with E-state index >= 15 is 0 Å². The Balaban J connectivity index is 1.18. The summed E-state index contributed by atoms with van der Waals surface area (Å²) in [6.07, 6.45) is 5.56. The third kappa shape index (κ3) is 3.22. The molecule has 0 aromatic heterocycles. The number of hydrogen-bond donors (Lipinski definition) is 0. The number of rotatable bonds is 0. The molecule has 1 aliphatic rings. The SMILES string of the molecule is C1=Cc2cc3cc4cc5cc6cc7cc8cc9cc%10ccccc%10cc9cc8cc7cc6cc5cc4cc3cc2C1. The van der Waals surface area contributed by atoms with Crippen LogP contribution in [-0.4, -0.2) is 0 Å². The van der Waals surface area contributed by atoms with E-state index in [1.54, 1.807) is 0 Å². The molecular formula is C41H24. The molecule has 10 rings (SSSR count). The fraction of sp³-hybridized carbons (Fsp3) is 0.0244. The van der Waals surface area contributed by atoms with Gasteiger partial charge in [0.2, 0.25) is 0 Å². The topological polar surface area (TPSA) is 0 Å². The van der Waals surface area contributed by atoms with Gasteiger partial charge in [-0.15, -0.1) is 0 Å². The maximum atomic E-state index is 2.37. The minimum Gasteiger partial charge on any atom is -0.0795 e. The third-order valence-electron chi connectivity index (χ3n) is 9.33. The summed E-state index contributed by atoms with van der Waals surface area (Å²) >= 11 is 0. The molecule has 9 aromatic rings. The highest BCUT2D eigenvalue weighted by atomic mass is 14.1. The first kappa shape index (κ1) is 21.6. The standard InChI is InChI=1S/C41H24/c1-2-5-25-9-29-13-33-17-37-21-41-23-39-19-35-15-31-11-27-7-3-6-26(27)10-30(31)14-34(35)18-38(39)22-40(41)20-36(37)16-32(33)12-28(29)8-24(25)4-1/h1-6,8-23H,7H2. The first-order valence-corrected chi connectivity index (χ1v) is 14.4. The lowest BCUT2D eigenvalue weighted by Gasteiger charge is -2.10. The van der Waals surface area contributed by atoms with Crippen molar-refractivity contribution in [2.45, 2.75) is 6.42 Å². The molecule has 0 heterocycles. The Kier molecular flexibility index (Phi) is 4.06. The van der Waals surface area contributed by atoms with Crippen LogP contribution in [0.2, 0.25) is 0 Å². The second-order valence-electron chi connectivity index (χ2n) is 11.9. The second-order valence-corrected chi connectivity index (χ2v) is 11.9. The first-order valence-electron chi connectivity index (χ1n) is 14.4.